The lowest BCUT2D eigenvalue weighted by molar-refractivity contribution is -0.121. The molecule has 0 spiro atoms. The van der Waals surface area contributed by atoms with Crippen molar-refractivity contribution in [3.8, 4) is 0 Å². The van der Waals surface area contributed by atoms with Crippen LogP contribution in [-0.2, 0) is 27.9 Å². The van der Waals surface area contributed by atoms with Crippen LogP contribution in [0.25, 0.3) is 0 Å². The molecular formula is C19H24N2O3S. The average Bonchev–Trinajstić information content (AvgIpc) is 2.58. The molecule has 0 aliphatic carbocycles. The van der Waals surface area contributed by atoms with E-state index in [0.717, 1.165) is 11.1 Å². The van der Waals surface area contributed by atoms with Crippen LogP contribution in [0, 0.1) is 6.92 Å². The van der Waals surface area contributed by atoms with E-state index in [1.165, 1.54) is 16.1 Å². The molecule has 0 aliphatic heterocycles. The normalized spacial score (nSPS) is 11.5. The number of nitrogens with one attached hydrogen (secondary N) is 1. The first-order valence-electron chi connectivity index (χ1n) is 8.16. The number of benzene rings is 2. The highest BCUT2D eigenvalue weighted by Crippen LogP contribution is 2.09. The summed E-state index contributed by atoms with van der Waals surface area (Å²) in [6, 6.07) is 17.3. The third-order valence-corrected chi connectivity index (χ3v) is 5.12. The highest BCUT2D eigenvalue weighted by molar-refractivity contribution is 7.88. The summed E-state index contributed by atoms with van der Waals surface area (Å²) in [5, 5.41) is 2.83. The lowest BCUT2D eigenvalue weighted by Crippen LogP contribution is -2.34. The van der Waals surface area contributed by atoms with Gasteiger partial charge in [0.2, 0.25) is 15.9 Å². The molecule has 0 bridgehead atoms. The Balaban J connectivity index is 1.87. The zero-order valence-corrected chi connectivity index (χ0v) is 15.4. The van der Waals surface area contributed by atoms with Crippen molar-refractivity contribution in [1.82, 2.24) is 9.62 Å². The van der Waals surface area contributed by atoms with Gasteiger partial charge in [-0.15, -0.1) is 0 Å². The summed E-state index contributed by atoms with van der Waals surface area (Å²) < 4.78 is 25.2. The van der Waals surface area contributed by atoms with Crippen molar-refractivity contribution in [2.75, 3.05) is 12.8 Å². The summed E-state index contributed by atoms with van der Waals surface area (Å²) >= 11 is 0. The molecule has 134 valence electrons. The van der Waals surface area contributed by atoms with Gasteiger partial charge in [-0.05, 0) is 18.1 Å². The number of rotatable bonds is 8. The molecule has 0 atom stereocenters. The zero-order chi connectivity index (χ0) is 18.3. The van der Waals surface area contributed by atoms with E-state index >= 15 is 0 Å². The summed E-state index contributed by atoms with van der Waals surface area (Å²) in [5.74, 6) is -0.165. The van der Waals surface area contributed by atoms with Gasteiger partial charge >= 0.3 is 0 Å². The van der Waals surface area contributed by atoms with E-state index in [-0.39, 0.29) is 25.4 Å². The molecule has 5 nitrogen and oxygen atoms in total. The van der Waals surface area contributed by atoms with Crippen LogP contribution in [0.15, 0.2) is 54.6 Å². The fourth-order valence-corrected chi connectivity index (χ4v) is 3.18. The van der Waals surface area contributed by atoms with Crippen molar-refractivity contribution in [2.45, 2.75) is 26.4 Å². The van der Waals surface area contributed by atoms with E-state index in [2.05, 4.69) is 5.32 Å². The fourth-order valence-electron chi connectivity index (χ4n) is 2.37. The van der Waals surface area contributed by atoms with Crippen LogP contribution in [0.5, 0.6) is 0 Å². The molecule has 0 aliphatic rings. The maximum absolute atomic E-state index is 12.0. The first kappa shape index (κ1) is 19.1. The van der Waals surface area contributed by atoms with Gasteiger partial charge in [0.05, 0.1) is 6.26 Å². The Morgan fingerprint density at radius 1 is 1.00 bits per heavy atom. The molecule has 0 saturated carbocycles. The van der Waals surface area contributed by atoms with Crippen molar-refractivity contribution in [3.05, 3.63) is 71.3 Å². The Hall–Kier alpha value is -2.18. The molecule has 0 aromatic heterocycles. The monoisotopic (exact) mass is 360 g/mol. The van der Waals surface area contributed by atoms with Crippen molar-refractivity contribution in [1.29, 1.82) is 0 Å². The van der Waals surface area contributed by atoms with E-state index < -0.39 is 10.0 Å². The van der Waals surface area contributed by atoms with E-state index in [4.69, 9.17) is 0 Å². The summed E-state index contributed by atoms with van der Waals surface area (Å²) in [6.07, 6.45) is 1.30. The van der Waals surface area contributed by atoms with Crippen molar-refractivity contribution < 1.29 is 13.2 Å². The molecule has 1 N–H and O–H groups in total. The molecule has 2 rings (SSSR count). The first-order valence-corrected chi connectivity index (χ1v) is 10.0. The topological polar surface area (TPSA) is 66.5 Å². The van der Waals surface area contributed by atoms with Gasteiger partial charge in [-0.1, -0.05) is 60.2 Å². The zero-order valence-electron chi connectivity index (χ0n) is 14.6. The second-order valence-electron chi connectivity index (χ2n) is 6.09. The Morgan fingerprint density at radius 3 is 2.24 bits per heavy atom. The van der Waals surface area contributed by atoms with Crippen LogP contribution in [0.2, 0.25) is 0 Å². The minimum Gasteiger partial charge on any atom is -0.352 e. The van der Waals surface area contributed by atoms with Gasteiger partial charge in [0.1, 0.15) is 0 Å². The summed E-state index contributed by atoms with van der Waals surface area (Å²) in [6.45, 7) is 2.88. The second kappa shape index (κ2) is 8.78. The first-order chi connectivity index (χ1) is 11.8. The molecule has 2 aromatic carbocycles. The van der Waals surface area contributed by atoms with Crippen molar-refractivity contribution >= 4 is 15.9 Å². The number of hydrogen-bond acceptors (Lipinski definition) is 3. The Kier molecular flexibility index (Phi) is 6.73. The van der Waals surface area contributed by atoms with E-state index in [9.17, 15) is 13.2 Å². The highest BCUT2D eigenvalue weighted by atomic mass is 32.2. The minimum absolute atomic E-state index is 0.131. The molecule has 1 amide bonds. The quantitative estimate of drug-likeness (QED) is 0.786. The smallest absolute Gasteiger partial charge is 0.221 e. The Morgan fingerprint density at radius 2 is 1.64 bits per heavy atom. The largest absolute Gasteiger partial charge is 0.352 e. The third-order valence-electron chi connectivity index (χ3n) is 3.87. The van der Waals surface area contributed by atoms with Crippen LogP contribution < -0.4 is 5.32 Å². The van der Waals surface area contributed by atoms with Gasteiger partial charge in [0.25, 0.3) is 0 Å². The van der Waals surface area contributed by atoms with Gasteiger partial charge < -0.3 is 5.32 Å². The SMILES string of the molecule is Cc1ccc(CNC(=O)CCN(Cc2ccccc2)S(C)(=O)=O)cc1. The van der Waals surface area contributed by atoms with Gasteiger partial charge in [0.15, 0.2) is 0 Å². The molecule has 0 radical (unpaired) electrons. The maximum atomic E-state index is 12.0. The predicted octanol–water partition coefficient (Wildman–Crippen LogP) is 2.46. The Labute approximate surface area is 149 Å². The lowest BCUT2D eigenvalue weighted by atomic mass is 10.1. The summed E-state index contributed by atoms with van der Waals surface area (Å²) in [7, 11) is -3.38. The summed E-state index contributed by atoms with van der Waals surface area (Å²) in [5.41, 5.74) is 3.08. The molecule has 6 heteroatoms. The van der Waals surface area contributed by atoms with E-state index in [1.54, 1.807) is 0 Å². The number of sulfonamides is 1. The summed E-state index contributed by atoms with van der Waals surface area (Å²) in [4.78, 5) is 12.0. The van der Waals surface area contributed by atoms with Crippen molar-refractivity contribution in [3.63, 3.8) is 0 Å². The van der Waals surface area contributed by atoms with Gasteiger partial charge in [0, 0.05) is 26.1 Å². The fraction of sp³-hybridized carbons (Fsp3) is 0.316. The molecule has 25 heavy (non-hydrogen) atoms. The van der Waals surface area contributed by atoms with Gasteiger partial charge in [-0.25, -0.2) is 8.42 Å². The van der Waals surface area contributed by atoms with E-state index in [1.807, 2.05) is 61.5 Å². The van der Waals surface area contributed by atoms with E-state index in [0.29, 0.717) is 6.54 Å². The van der Waals surface area contributed by atoms with Gasteiger partial charge in [-0.2, -0.15) is 4.31 Å². The molecule has 0 heterocycles. The number of nitrogens with zero attached hydrogens (tertiary/aromatic N) is 1. The standard InChI is InChI=1S/C19H24N2O3S/c1-16-8-10-17(11-9-16)14-20-19(22)12-13-21(25(2,23)24)15-18-6-4-3-5-7-18/h3-11H,12-15H2,1-2H3,(H,20,22). The number of aryl methyl sites for hydroxylation is 1. The van der Waals surface area contributed by atoms with Crippen LogP contribution in [-0.4, -0.2) is 31.4 Å². The van der Waals surface area contributed by atoms with Crippen LogP contribution in [0.4, 0.5) is 0 Å². The van der Waals surface area contributed by atoms with Crippen molar-refractivity contribution in [2.24, 2.45) is 0 Å². The molecule has 2 aromatic rings. The highest BCUT2D eigenvalue weighted by Gasteiger charge is 2.18. The molecule has 0 fully saturated rings. The predicted molar refractivity (Wildman–Crippen MR) is 99.3 cm³/mol. The van der Waals surface area contributed by atoms with Crippen LogP contribution in [0.3, 0.4) is 0 Å². The average molecular weight is 360 g/mol. The van der Waals surface area contributed by atoms with Crippen LogP contribution in [0.1, 0.15) is 23.1 Å². The maximum Gasteiger partial charge on any atom is 0.221 e. The lowest BCUT2D eigenvalue weighted by Gasteiger charge is -2.19. The Bertz CT molecular complexity index is 787. The van der Waals surface area contributed by atoms with Crippen LogP contribution >= 0.6 is 0 Å². The molecule has 0 saturated heterocycles. The minimum atomic E-state index is -3.38. The number of amides is 1. The number of carbonyl (C=O) groups excluding carboxylic acids is 1. The third kappa shape index (κ3) is 6.68. The number of hydrogen-bond donors (Lipinski definition) is 1. The van der Waals surface area contributed by atoms with Gasteiger partial charge in [-0.3, -0.25) is 4.79 Å². The molecular weight excluding hydrogens is 336 g/mol. The molecule has 0 unspecified atom stereocenters. The second-order valence-corrected chi connectivity index (χ2v) is 8.08. The number of carbonyl (C=O) groups is 1.